The number of nitro groups is 1. The van der Waals surface area contributed by atoms with Gasteiger partial charge < -0.3 is 4.90 Å². The van der Waals surface area contributed by atoms with E-state index < -0.39 is 4.92 Å². The van der Waals surface area contributed by atoms with Crippen LogP contribution < -0.4 is 0 Å². The molecule has 0 heterocycles. The van der Waals surface area contributed by atoms with E-state index in [4.69, 9.17) is 10.5 Å². The van der Waals surface area contributed by atoms with Crippen molar-refractivity contribution in [3.05, 3.63) is 39.9 Å². The van der Waals surface area contributed by atoms with Crippen molar-refractivity contribution in [2.75, 3.05) is 13.1 Å². The summed E-state index contributed by atoms with van der Waals surface area (Å²) in [7, 11) is 0. The average Bonchev–Trinajstić information content (AvgIpc) is 2.39. The van der Waals surface area contributed by atoms with Crippen LogP contribution in [0.2, 0.25) is 0 Å². The van der Waals surface area contributed by atoms with Crippen molar-refractivity contribution >= 4 is 11.6 Å². The van der Waals surface area contributed by atoms with Crippen molar-refractivity contribution in [3.63, 3.8) is 0 Å². The molecule has 0 aromatic heterocycles. The molecule has 1 rings (SSSR count). The number of nitriles is 2. The smallest absolute Gasteiger partial charge is 0.269 e. The molecule has 0 bridgehead atoms. The highest BCUT2D eigenvalue weighted by Gasteiger charge is 2.14. The first-order valence-electron chi connectivity index (χ1n) is 5.33. The fraction of sp³-hybridized carbons (Fsp3) is 0.250. The molecule has 0 spiro atoms. The number of non-ortho nitro benzene ring substituents is 1. The molecular formula is C12H10N4O3. The first kappa shape index (κ1) is 14.1. The van der Waals surface area contributed by atoms with Crippen LogP contribution in [-0.4, -0.2) is 28.8 Å². The average molecular weight is 258 g/mol. The van der Waals surface area contributed by atoms with Gasteiger partial charge in [-0.1, -0.05) is 12.1 Å². The van der Waals surface area contributed by atoms with Gasteiger partial charge in [0.1, 0.15) is 13.1 Å². The summed E-state index contributed by atoms with van der Waals surface area (Å²) in [6.45, 7) is -0.307. The molecule has 7 nitrogen and oxygen atoms in total. The Hall–Kier alpha value is -2.93. The lowest BCUT2D eigenvalue weighted by molar-refractivity contribution is -0.384. The third-order valence-corrected chi connectivity index (χ3v) is 2.38. The molecule has 1 aromatic carbocycles. The summed E-state index contributed by atoms with van der Waals surface area (Å²) in [4.78, 5) is 22.9. The third kappa shape index (κ3) is 4.10. The molecule has 0 aliphatic rings. The molecule has 1 aromatic rings. The number of rotatable bonds is 5. The number of nitrogens with zero attached hydrogens (tertiary/aromatic N) is 4. The van der Waals surface area contributed by atoms with E-state index in [1.807, 2.05) is 12.1 Å². The molecule has 0 atom stereocenters. The second-order valence-corrected chi connectivity index (χ2v) is 3.67. The van der Waals surface area contributed by atoms with Crippen molar-refractivity contribution < 1.29 is 9.72 Å². The Bertz CT molecular complexity index is 538. The van der Waals surface area contributed by atoms with E-state index in [0.29, 0.717) is 5.56 Å². The maximum atomic E-state index is 11.8. The highest BCUT2D eigenvalue weighted by Crippen LogP contribution is 2.12. The van der Waals surface area contributed by atoms with Crippen LogP contribution in [0.5, 0.6) is 0 Å². The van der Waals surface area contributed by atoms with Crippen LogP contribution in [0, 0.1) is 32.8 Å². The van der Waals surface area contributed by atoms with Crippen LogP contribution in [0.25, 0.3) is 0 Å². The predicted molar refractivity (Wildman–Crippen MR) is 64.6 cm³/mol. The van der Waals surface area contributed by atoms with E-state index in [2.05, 4.69) is 0 Å². The third-order valence-electron chi connectivity index (χ3n) is 2.38. The number of benzene rings is 1. The van der Waals surface area contributed by atoms with Crippen LogP contribution in [0.15, 0.2) is 24.3 Å². The first-order valence-corrected chi connectivity index (χ1v) is 5.33. The first-order chi connectivity index (χ1) is 9.08. The Labute approximate surface area is 109 Å². The van der Waals surface area contributed by atoms with Crippen LogP contribution in [0.1, 0.15) is 5.56 Å². The second-order valence-electron chi connectivity index (χ2n) is 3.67. The van der Waals surface area contributed by atoms with Crippen LogP contribution in [-0.2, 0) is 11.2 Å². The number of carbonyl (C=O) groups is 1. The molecule has 0 aliphatic heterocycles. The summed E-state index contributed by atoms with van der Waals surface area (Å²) in [5.41, 5.74) is 0.540. The summed E-state index contributed by atoms with van der Waals surface area (Å²) in [5, 5.41) is 27.6. The van der Waals surface area contributed by atoms with Gasteiger partial charge in [-0.3, -0.25) is 14.9 Å². The zero-order valence-electron chi connectivity index (χ0n) is 9.94. The topological polar surface area (TPSA) is 111 Å². The van der Waals surface area contributed by atoms with Gasteiger partial charge in [0.25, 0.3) is 5.69 Å². The van der Waals surface area contributed by atoms with E-state index in [1.165, 1.54) is 24.3 Å². The minimum Gasteiger partial charge on any atom is -0.316 e. The summed E-state index contributed by atoms with van der Waals surface area (Å²) in [6.07, 6.45) is 0.00134. The second kappa shape index (κ2) is 6.72. The molecule has 7 heteroatoms. The van der Waals surface area contributed by atoms with E-state index in [-0.39, 0.29) is 31.1 Å². The number of nitro benzene ring substituents is 1. The Balaban J connectivity index is 2.73. The minimum absolute atomic E-state index is 0.00134. The van der Waals surface area contributed by atoms with Crippen LogP contribution >= 0.6 is 0 Å². The lowest BCUT2D eigenvalue weighted by Crippen LogP contribution is -2.33. The van der Waals surface area contributed by atoms with Gasteiger partial charge in [-0.2, -0.15) is 10.5 Å². The largest absolute Gasteiger partial charge is 0.316 e. The molecule has 19 heavy (non-hydrogen) atoms. The van der Waals surface area contributed by atoms with Crippen molar-refractivity contribution in [1.82, 2.24) is 4.90 Å². The highest BCUT2D eigenvalue weighted by molar-refractivity contribution is 5.79. The van der Waals surface area contributed by atoms with Crippen LogP contribution in [0.4, 0.5) is 5.69 Å². The van der Waals surface area contributed by atoms with Crippen molar-refractivity contribution in [1.29, 1.82) is 10.5 Å². The molecule has 96 valence electrons. The molecule has 0 saturated carbocycles. The Morgan fingerprint density at radius 3 is 2.16 bits per heavy atom. The summed E-state index contributed by atoms with van der Waals surface area (Å²) in [5.74, 6) is -0.364. The molecule has 0 unspecified atom stereocenters. The van der Waals surface area contributed by atoms with Crippen molar-refractivity contribution in [2.24, 2.45) is 0 Å². The fourth-order valence-electron chi connectivity index (χ4n) is 1.42. The predicted octanol–water partition coefficient (Wildman–Crippen LogP) is 1.01. The SMILES string of the molecule is N#CCN(CC#N)C(=O)Cc1ccc([N+](=O)[O-])cc1. The summed E-state index contributed by atoms with van der Waals surface area (Å²) < 4.78 is 0. The van der Waals surface area contributed by atoms with Crippen molar-refractivity contribution in [2.45, 2.75) is 6.42 Å². The molecule has 1 amide bonds. The van der Waals surface area contributed by atoms with E-state index >= 15 is 0 Å². The summed E-state index contributed by atoms with van der Waals surface area (Å²) >= 11 is 0. The Kier molecular flexibility index (Phi) is 5.00. The molecule has 0 saturated heterocycles. The number of amides is 1. The van der Waals surface area contributed by atoms with Gasteiger partial charge in [-0.05, 0) is 5.56 Å². The van der Waals surface area contributed by atoms with E-state index in [9.17, 15) is 14.9 Å². The maximum Gasteiger partial charge on any atom is 0.269 e. The zero-order valence-corrected chi connectivity index (χ0v) is 9.94. The number of hydrogen-bond donors (Lipinski definition) is 0. The minimum atomic E-state index is -0.525. The van der Waals surface area contributed by atoms with Crippen LogP contribution in [0.3, 0.4) is 0 Å². The summed E-state index contributed by atoms with van der Waals surface area (Å²) in [6, 6.07) is 9.19. The lowest BCUT2D eigenvalue weighted by Gasteiger charge is -2.15. The lowest BCUT2D eigenvalue weighted by atomic mass is 10.1. The fourth-order valence-corrected chi connectivity index (χ4v) is 1.42. The normalized spacial score (nSPS) is 9.16. The zero-order chi connectivity index (χ0) is 14.3. The Morgan fingerprint density at radius 1 is 1.21 bits per heavy atom. The van der Waals surface area contributed by atoms with Gasteiger partial charge in [-0.25, -0.2) is 0 Å². The molecule has 0 N–H and O–H groups in total. The van der Waals surface area contributed by atoms with Crippen molar-refractivity contribution in [3.8, 4) is 12.1 Å². The standard InChI is InChI=1S/C12H10N4O3/c13-5-7-15(8-6-14)12(17)9-10-1-3-11(4-2-10)16(18)19/h1-4H,7-9H2. The molecule has 0 radical (unpaired) electrons. The maximum absolute atomic E-state index is 11.8. The Morgan fingerprint density at radius 2 is 1.74 bits per heavy atom. The quantitative estimate of drug-likeness (QED) is 0.444. The molecule has 0 fully saturated rings. The van der Waals surface area contributed by atoms with Gasteiger partial charge in [0.15, 0.2) is 0 Å². The molecular weight excluding hydrogens is 248 g/mol. The number of hydrogen-bond acceptors (Lipinski definition) is 5. The monoisotopic (exact) mass is 258 g/mol. The van der Waals surface area contributed by atoms with Gasteiger partial charge >= 0.3 is 0 Å². The van der Waals surface area contributed by atoms with Gasteiger partial charge in [0.05, 0.1) is 23.5 Å². The van der Waals surface area contributed by atoms with Gasteiger partial charge in [0, 0.05) is 12.1 Å². The van der Waals surface area contributed by atoms with E-state index in [1.54, 1.807) is 0 Å². The highest BCUT2D eigenvalue weighted by atomic mass is 16.6. The van der Waals surface area contributed by atoms with E-state index in [0.717, 1.165) is 4.90 Å². The van der Waals surface area contributed by atoms with Gasteiger partial charge in [0.2, 0.25) is 5.91 Å². The van der Waals surface area contributed by atoms with Gasteiger partial charge in [-0.15, -0.1) is 0 Å². The number of carbonyl (C=O) groups excluding carboxylic acids is 1. The molecule has 0 aliphatic carbocycles.